The first-order valence-corrected chi connectivity index (χ1v) is 12.4. The average molecular weight is 449 g/mol. The Hall–Kier alpha value is -1.66. The van der Waals surface area contributed by atoms with Gasteiger partial charge in [0, 0.05) is 21.0 Å². The third-order valence-electron chi connectivity index (χ3n) is 4.52. The van der Waals surface area contributed by atoms with E-state index in [9.17, 15) is 0 Å². The molecule has 0 spiro atoms. The largest absolute Gasteiger partial charge is 0.489 e. The van der Waals surface area contributed by atoms with Gasteiger partial charge in [0.15, 0.2) is 23.0 Å². The van der Waals surface area contributed by atoms with Gasteiger partial charge in [0.2, 0.25) is 0 Å². The smallest absolute Gasteiger partial charge is 0.161 e. The SMILES string of the molecule is CC1COc2ccccc2OCC(C)SC(C)COc2ccccc2OCC(C)S1. The molecule has 0 saturated carbocycles. The Morgan fingerprint density at radius 2 is 0.733 bits per heavy atom. The summed E-state index contributed by atoms with van der Waals surface area (Å²) in [5, 5.41) is 1.32. The molecule has 0 aliphatic carbocycles. The van der Waals surface area contributed by atoms with Gasteiger partial charge in [-0.15, -0.1) is 23.5 Å². The van der Waals surface area contributed by atoms with Crippen LogP contribution in [0.5, 0.6) is 23.0 Å². The van der Waals surface area contributed by atoms with Crippen molar-refractivity contribution in [1.29, 1.82) is 0 Å². The van der Waals surface area contributed by atoms with Crippen molar-refractivity contribution >= 4 is 23.5 Å². The number of thioether (sulfide) groups is 2. The molecule has 1 heterocycles. The van der Waals surface area contributed by atoms with E-state index in [1.807, 2.05) is 72.1 Å². The predicted octanol–water partition coefficient (Wildman–Crippen LogP) is 5.94. The highest BCUT2D eigenvalue weighted by Crippen LogP contribution is 2.31. The first kappa shape index (κ1) is 23.0. The molecule has 3 rings (SSSR count). The Bertz CT molecular complexity index is 658. The molecule has 0 aromatic heterocycles. The molecule has 164 valence electrons. The molecule has 4 atom stereocenters. The summed E-state index contributed by atoms with van der Waals surface area (Å²) < 4.78 is 24.4. The van der Waals surface area contributed by atoms with Gasteiger partial charge in [-0.2, -0.15) is 0 Å². The number of hydrogen-bond acceptors (Lipinski definition) is 6. The fraction of sp³-hybridized carbons (Fsp3) is 0.500. The lowest BCUT2D eigenvalue weighted by Gasteiger charge is -2.22. The summed E-state index contributed by atoms with van der Waals surface area (Å²) in [6, 6.07) is 15.8. The van der Waals surface area contributed by atoms with Crippen molar-refractivity contribution in [2.24, 2.45) is 0 Å². The van der Waals surface area contributed by atoms with E-state index in [2.05, 4.69) is 27.7 Å². The molecule has 0 saturated heterocycles. The molecule has 0 N–H and O–H groups in total. The van der Waals surface area contributed by atoms with Gasteiger partial charge in [-0.1, -0.05) is 24.3 Å². The minimum Gasteiger partial charge on any atom is -0.489 e. The maximum atomic E-state index is 6.09. The van der Waals surface area contributed by atoms with Gasteiger partial charge in [-0.05, 0) is 52.0 Å². The monoisotopic (exact) mass is 448 g/mol. The van der Waals surface area contributed by atoms with Crippen LogP contribution in [0.15, 0.2) is 48.5 Å². The second-order valence-electron chi connectivity index (χ2n) is 7.65. The van der Waals surface area contributed by atoms with Crippen LogP contribution in [0.4, 0.5) is 0 Å². The van der Waals surface area contributed by atoms with Crippen molar-refractivity contribution in [2.45, 2.75) is 48.7 Å². The van der Waals surface area contributed by atoms with Crippen molar-refractivity contribution in [2.75, 3.05) is 26.4 Å². The molecule has 1 aliphatic rings. The van der Waals surface area contributed by atoms with Gasteiger partial charge < -0.3 is 18.9 Å². The standard InChI is InChI=1S/C24H32O4S2/c1-17-13-25-21-9-5-6-10-22(21)27-15-19(3)30-20(4)16-28-24-12-8-7-11-23(24)26-14-18(2)29-17/h5-12,17-20H,13-16H2,1-4H3. The van der Waals surface area contributed by atoms with E-state index in [4.69, 9.17) is 18.9 Å². The van der Waals surface area contributed by atoms with E-state index in [1.165, 1.54) is 0 Å². The molecule has 30 heavy (non-hydrogen) atoms. The fourth-order valence-corrected chi connectivity index (χ4v) is 5.33. The summed E-state index contributed by atoms with van der Waals surface area (Å²) >= 11 is 3.72. The molecule has 4 nitrogen and oxygen atoms in total. The Morgan fingerprint density at radius 3 is 0.967 bits per heavy atom. The minimum atomic E-state index is 0.331. The van der Waals surface area contributed by atoms with Crippen LogP contribution in [-0.2, 0) is 0 Å². The van der Waals surface area contributed by atoms with Gasteiger partial charge in [0.25, 0.3) is 0 Å². The number of ether oxygens (including phenoxy) is 4. The Morgan fingerprint density at radius 1 is 0.500 bits per heavy atom. The summed E-state index contributed by atoms with van der Waals surface area (Å²) in [5.74, 6) is 3.21. The van der Waals surface area contributed by atoms with Crippen LogP contribution in [0.1, 0.15) is 27.7 Å². The fourth-order valence-electron chi connectivity index (χ4n) is 3.16. The van der Waals surface area contributed by atoms with Crippen LogP contribution in [-0.4, -0.2) is 47.4 Å². The Balaban J connectivity index is 1.72. The molecule has 2 aromatic carbocycles. The van der Waals surface area contributed by atoms with E-state index in [-0.39, 0.29) is 0 Å². The highest BCUT2D eigenvalue weighted by Gasteiger charge is 2.16. The topological polar surface area (TPSA) is 36.9 Å². The van der Waals surface area contributed by atoms with Crippen LogP contribution in [0.3, 0.4) is 0 Å². The molecule has 0 fully saturated rings. The van der Waals surface area contributed by atoms with Crippen LogP contribution >= 0.6 is 23.5 Å². The van der Waals surface area contributed by atoms with E-state index in [0.717, 1.165) is 23.0 Å². The molecular formula is C24H32O4S2. The molecule has 0 bridgehead atoms. The molecule has 1 aliphatic heterocycles. The van der Waals surface area contributed by atoms with Crippen molar-refractivity contribution in [3.63, 3.8) is 0 Å². The maximum Gasteiger partial charge on any atom is 0.161 e. The third-order valence-corrected chi connectivity index (χ3v) is 6.92. The van der Waals surface area contributed by atoms with E-state index >= 15 is 0 Å². The van der Waals surface area contributed by atoms with Gasteiger partial charge in [-0.3, -0.25) is 0 Å². The van der Waals surface area contributed by atoms with Crippen LogP contribution in [0.25, 0.3) is 0 Å². The molecule has 0 amide bonds. The minimum absolute atomic E-state index is 0.331. The van der Waals surface area contributed by atoms with Crippen molar-refractivity contribution < 1.29 is 18.9 Å². The summed E-state index contributed by atoms with van der Waals surface area (Å²) in [6.07, 6.45) is 0. The second-order valence-corrected chi connectivity index (χ2v) is 11.4. The molecule has 0 radical (unpaired) electrons. The highest BCUT2D eigenvalue weighted by atomic mass is 32.2. The number of fused-ring (bicyclic) bond motifs is 2. The van der Waals surface area contributed by atoms with Gasteiger partial charge in [0.1, 0.15) is 0 Å². The predicted molar refractivity (Wildman–Crippen MR) is 128 cm³/mol. The first-order chi connectivity index (χ1) is 14.5. The lowest BCUT2D eigenvalue weighted by Crippen LogP contribution is -2.21. The zero-order valence-corrected chi connectivity index (χ0v) is 19.8. The summed E-state index contributed by atoms with van der Waals surface area (Å²) in [6.45, 7) is 11.2. The molecule has 2 aromatic rings. The van der Waals surface area contributed by atoms with Crippen LogP contribution in [0.2, 0.25) is 0 Å². The first-order valence-electron chi connectivity index (χ1n) is 10.5. The zero-order chi connectivity index (χ0) is 21.3. The number of rotatable bonds is 0. The van der Waals surface area contributed by atoms with Crippen molar-refractivity contribution in [3.05, 3.63) is 48.5 Å². The summed E-state index contributed by atoms with van der Waals surface area (Å²) in [4.78, 5) is 0. The maximum absolute atomic E-state index is 6.09. The van der Waals surface area contributed by atoms with Crippen molar-refractivity contribution in [3.8, 4) is 23.0 Å². The second kappa shape index (κ2) is 11.7. The highest BCUT2D eigenvalue weighted by molar-refractivity contribution is 8.00. The van der Waals surface area contributed by atoms with E-state index in [1.54, 1.807) is 0 Å². The lowest BCUT2D eigenvalue weighted by molar-refractivity contribution is 0.266. The Labute approximate surface area is 189 Å². The summed E-state index contributed by atoms with van der Waals surface area (Å²) in [5.41, 5.74) is 0. The lowest BCUT2D eigenvalue weighted by atomic mass is 10.3. The van der Waals surface area contributed by atoms with Gasteiger partial charge >= 0.3 is 0 Å². The van der Waals surface area contributed by atoms with Gasteiger partial charge in [-0.25, -0.2) is 0 Å². The average Bonchev–Trinajstić information content (AvgIpc) is 2.74. The van der Waals surface area contributed by atoms with Crippen LogP contribution < -0.4 is 18.9 Å². The van der Waals surface area contributed by atoms with E-state index in [0.29, 0.717) is 47.4 Å². The molecular weight excluding hydrogens is 416 g/mol. The number of benzene rings is 2. The zero-order valence-electron chi connectivity index (χ0n) is 18.2. The molecule has 4 unspecified atom stereocenters. The Kier molecular flexibility index (Phi) is 8.94. The third kappa shape index (κ3) is 7.24. The quantitative estimate of drug-likeness (QED) is 0.497. The summed E-state index contributed by atoms with van der Waals surface area (Å²) in [7, 11) is 0. The van der Waals surface area contributed by atoms with Crippen LogP contribution in [0, 0.1) is 0 Å². The number of para-hydroxylation sites is 4. The number of hydrogen-bond donors (Lipinski definition) is 0. The van der Waals surface area contributed by atoms with Crippen molar-refractivity contribution in [1.82, 2.24) is 0 Å². The van der Waals surface area contributed by atoms with E-state index < -0.39 is 0 Å². The molecule has 6 heteroatoms. The normalized spacial score (nSPS) is 26.3. The van der Waals surface area contributed by atoms with Gasteiger partial charge in [0.05, 0.1) is 26.4 Å².